The van der Waals surface area contributed by atoms with Crippen molar-refractivity contribution in [1.29, 1.82) is 5.26 Å². The third-order valence-corrected chi connectivity index (χ3v) is 3.66. The van der Waals surface area contributed by atoms with Crippen LogP contribution in [0.4, 0.5) is 0 Å². The number of amides is 1. The van der Waals surface area contributed by atoms with Crippen molar-refractivity contribution in [3.05, 3.63) is 29.8 Å². The van der Waals surface area contributed by atoms with Gasteiger partial charge in [0.25, 0.3) is 0 Å². The number of benzene rings is 1. The van der Waals surface area contributed by atoms with E-state index < -0.39 is 18.1 Å². The zero-order valence-electron chi connectivity index (χ0n) is 14.4. The molecule has 0 fully saturated rings. The molecule has 1 aromatic rings. The standard InChI is InChI=1S/C17H25N3O4/c1-17(2,13-19(3)16(22)12-21)20(23)9-6-10-24-15-8-5-4-7-14(15)11-18/h4-5,7-8,21,23H,6,9-10,12-13H2,1-3H3. The third kappa shape index (κ3) is 5.81. The number of carbonyl (C=O) groups is 1. The van der Waals surface area contributed by atoms with Crippen LogP contribution in [0.25, 0.3) is 0 Å². The maximum Gasteiger partial charge on any atom is 0.248 e. The summed E-state index contributed by atoms with van der Waals surface area (Å²) in [6.07, 6.45) is 0.553. The fourth-order valence-electron chi connectivity index (χ4n) is 2.25. The molecule has 1 aromatic carbocycles. The maximum atomic E-state index is 11.4. The van der Waals surface area contributed by atoms with Crippen molar-refractivity contribution in [3.63, 3.8) is 0 Å². The van der Waals surface area contributed by atoms with Crippen LogP contribution in [-0.4, -0.2) is 65.1 Å². The molecule has 0 aliphatic heterocycles. The molecule has 0 bridgehead atoms. The number of nitrogens with zero attached hydrogens (tertiary/aromatic N) is 3. The number of rotatable bonds is 9. The largest absolute Gasteiger partial charge is 0.492 e. The van der Waals surface area contributed by atoms with Crippen LogP contribution in [-0.2, 0) is 4.79 Å². The molecule has 1 rings (SSSR count). The Morgan fingerprint density at radius 3 is 2.67 bits per heavy atom. The van der Waals surface area contributed by atoms with E-state index in [1.165, 1.54) is 4.90 Å². The zero-order chi connectivity index (χ0) is 18.2. The van der Waals surface area contributed by atoms with Crippen LogP contribution in [0.1, 0.15) is 25.8 Å². The van der Waals surface area contributed by atoms with Gasteiger partial charge in [0.1, 0.15) is 18.4 Å². The molecule has 0 radical (unpaired) electrons. The number of hydrogen-bond donors (Lipinski definition) is 2. The van der Waals surface area contributed by atoms with Crippen LogP contribution in [0.5, 0.6) is 5.75 Å². The van der Waals surface area contributed by atoms with Crippen LogP contribution >= 0.6 is 0 Å². The van der Waals surface area contributed by atoms with Crippen molar-refractivity contribution < 1.29 is 19.8 Å². The fraction of sp³-hybridized carbons (Fsp3) is 0.529. The predicted molar refractivity (Wildman–Crippen MR) is 88.6 cm³/mol. The van der Waals surface area contributed by atoms with Crippen LogP contribution < -0.4 is 4.74 Å². The van der Waals surface area contributed by atoms with Gasteiger partial charge in [-0.2, -0.15) is 10.3 Å². The smallest absolute Gasteiger partial charge is 0.248 e. The van der Waals surface area contributed by atoms with Gasteiger partial charge in [-0.25, -0.2) is 0 Å². The first-order valence-corrected chi connectivity index (χ1v) is 7.75. The third-order valence-electron chi connectivity index (χ3n) is 3.66. The van der Waals surface area contributed by atoms with Crippen LogP contribution in [0.3, 0.4) is 0 Å². The summed E-state index contributed by atoms with van der Waals surface area (Å²) in [5.41, 5.74) is -0.188. The van der Waals surface area contributed by atoms with Gasteiger partial charge in [-0.3, -0.25) is 4.79 Å². The number of nitriles is 1. The van der Waals surface area contributed by atoms with Crippen LogP contribution in [0.2, 0.25) is 0 Å². The molecule has 1 amide bonds. The zero-order valence-corrected chi connectivity index (χ0v) is 14.4. The summed E-state index contributed by atoms with van der Waals surface area (Å²) in [6.45, 7) is 4.05. The van der Waals surface area contributed by atoms with E-state index in [0.717, 1.165) is 5.06 Å². The summed E-state index contributed by atoms with van der Waals surface area (Å²) >= 11 is 0. The fourth-order valence-corrected chi connectivity index (χ4v) is 2.25. The minimum Gasteiger partial charge on any atom is -0.492 e. The second-order valence-corrected chi connectivity index (χ2v) is 6.15. The number of aliphatic hydroxyl groups is 1. The van der Waals surface area contributed by atoms with Gasteiger partial charge in [-0.15, -0.1) is 0 Å². The van der Waals surface area contributed by atoms with Crippen molar-refractivity contribution >= 4 is 5.91 Å². The van der Waals surface area contributed by atoms with E-state index in [1.54, 1.807) is 45.2 Å². The quantitative estimate of drug-likeness (QED) is 0.521. The average molecular weight is 335 g/mol. The lowest BCUT2D eigenvalue weighted by atomic mass is 10.0. The highest BCUT2D eigenvalue weighted by atomic mass is 16.5. The molecule has 0 saturated carbocycles. The van der Waals surface area contributed by atoms with Crippen LogP contribution in [0, 0.1) is 11.3 Å². The number of likely N-dealkylation sites (N-methyl/N-ethyl adjacent to an activating group) is 1. The SMILES string of the molecule is CN(CC(C)(C)N(O)CCCOc1ccccc1C#N)C(=O)CO. The van der Waals surface area contributed by atoms with Gasteiger partial charge in [0, 0.05) is 20.1 Å². The topological polar surface area (TPSA) is 97.0 Å². The normalized spacial score (nSPS) is 11.2. The molecule has 2 N–H and O–H groups in total. The average Bonchev–Trinajstić information content (AvgIpc) is 2.57. The molecule has 7 heteroatoms. The highest BCUT2D eigenvalue weighted by Crippen LogP contribution is 2.17. The van der Waals surface area contributed by atoms with Crippen molar-refractivity contribution in [3.8, 4) is 11.8 Å². The molecular formula is C17H25N3O4. The van der Waals surface area contributed by atoms with Gasteiger partial charge in [0.15, 0.2) is 0 Å². The van der Waals surface area contributed by atoms with Crippen molar-refractivity contribution in [1.82, 2.24) is 9.96 Å². The Bertz CT molecular complexity index is 583. The first-order chi connectivity index (χ1) is 11.3. The molecule has 7 nitrogen and oxygen atoms in total. The van der Waals surface area contributed by atoms with Gasteiger partial charge in [0.05, 0.1) is 17.7 Å². The molecule has 0 atom stereocenters. The van der Waals surface area contributed by atoms with E-state index in [4.69, 9.17) is 15.1 Å². The number of ether oxygens (including phenoxy) is 1. The molecule has 24 heavy (non-hydrogen) atoms. The van der Waals surface area contributed by atoms with Crippen LogP contribution in [0.15, 0.2) is 24.3 Å². The van der Waals surface area contributed by atoms with Gasteiger partial charge in [0.2, 0.25) is 5.91 Å². The lowest BCUT2D eigenvalue weighted by molar-refractivity contribution is -0.172. The second kappa shape index (κ2) is 9.23. The van der Waals surface area contributed by atoms with Gasteiger partial charge in [-0.05, 0) is 32.4 Å². The number of hydroxylamine groups is 2. The second-order valence-electron chi connectivity index (χ2n) is 6.15. The molecule has 0 unspecified atom stereocenters. The first kappa shape index (κ1) is 19.9. The van der Waals surface area contributed by atoms with Crippen molar-refractivity contribution in [2.24, 2.45) is 0 Å². The van der Waals surface area contributed by atoms with E-state index in [1.807, 2.05) is 0 Å². The molecule has 0 aliphatic rings. The molecule has 0 saturated heterocycles. The summed E-state index contributed by atoms with van der Waals surface area (Å²) in [5.74, 6) is 0.130. The summed E-state index contributed by atoms with van der Waals surface area (Å²) in [5, 5.41) is 29.2. The van der Waals surface area contributed by atoms with Crippen molar-refractivity contribution in [2.45, 2.75) is 25.8 Å². The summed E-state index contributed by atoms with van der Waals surface area (Å²) in [4.78, 5) is 12.8. The molecule has 0 aromatic heterocycles. The number of aliphatic hydroxyl groups excluding tert-OH is 1. The maximum absolute atomic E-state index is 11.4. The minimum atomic E-state index is -0.663. The highest BCUT2D eigenvalue weighted by molar-refractivity contribution is 5.76. The lowest BCUT2D eigenvalue weighted by Gasteiger charge is -2.36. The van der Waals surface area contributed by atoms with E-state index in [9.17, 15) is 10.0 Å². The van der Waals surface area contributed by atoms with Crippen molar-refractivity contribution in [2.75, 3.05) is 33.4 Å². The Morgan fingerprint density at radius 2 is 2.04 bits per heavy atom. The molecular weight excluding hydrogens is 310 g/mol. The molecule has 0 heterocycles. The molecule has 0 spiro atoms. The monoisotopic (exact) mass is 335 g/mol. The number of carbonyl (C=O) groups excluding carboxylic acids is 1. The molecule has 132 valence electrons. The Hall–Kier alpha value is -2.14. The predicted octanol–water partition coefficient (Wildman–Crippen LogP) is 1.25. The first-order valence-electron chi connectivity index (χ1n) is 7.75. The molecule has 0 aliphatic carbocycles. The summed E-state index contributed by atoms with van der Waals surface area (Å²) in [6, 6.07) is 9.05. The van der Waals surface area contributed by atoms with Gasteiger partial charge in [-0.1, -0.05) is 12.1 Å². The van der Waals surface area contributed by atoms with Gasteiger partial charge < -0.3 is 20.0 Å². The van der Waals surface area contributed by atoms with Gasteiger partial charge >= 0.3 is 0 Å². The van der Waals surface area contributed by atoms with E-state index in [-0.39, 0.29) is 6.54 Å². The summed E-state index contributed by atoms with van der Waals surface area (Å²) in [7, 11) is 1.58. The van der Waals surface area contributed by atoms with E-state index >= 15 is 0 Å². The Balaban J connectivity index is 2.43. The Morgan fingerprint density at radius 1 is 1.38 bits per heavy atom. The summed E-state index contributed by atoms with van der Waals surface area (Å²) < 4.78 is 5.57. The number of para-hydroxylation sites is 1. The Kier molecular flexibility index (Phi) is 7.65. The highest BCUT2D eigenvalue weighted by Gasteiger charge is 2.28. The lowest BCUT2D eigenvalue weighted by Crippen LogP contribution is -2.51. The van der Waals surface area contributed by atoms with E-state index in [2.05, 4.69) is 6.07 Å². The van der Waals surface area contributed by atoms with E-state index in [0.29, 0.717) is 30.9 Å². The Labute approximate surface area is 142 Å². The number of hydrogen-bond acceptors (Lipinski definition) is 6. The minimum absolute atomic E-state index is 0.279.